The zero-order valence-electron chi connectivity index (χ0n) is 19.8. The molecule has 0 aromatic heterocycles. The SMILES string of the molecule is Cc1ccc(OCC(=O)NCCCCCCNC(=O)COc2ccc(C)c(C)c2)cc1C. The maximum Gasteiger partial charge on any atom is 0.257 e. The van der Waals surface area contributed by atoms with Gasteiger partial charge in [0.1, 0.15) is 11.5 Å². The number of rotatable bonds is 13. The van der Waals surface area contributed by atoms with Gasteiger partial charge in [0.15, 0.2) is 13.2 Å². The molecule has 0 bridgehead atoms. The summed E-state index contributed by atoms with van der Waals surface area (Å²) in [5, 5.41) is 5.75. The van der Waals surface area contributed by atoms with Gasteiger partial charge in [-0.2, -0.15) is 0 Å². The van der Waals surface area contributed by atoms with Crippen molar-refractivity contribution in [2.45, 2.75) is 53.4 Å². The van der Waals surface area contributed by atoms with Gasteiger partial charge in [-0.1, -0.05) is 25.0 Å². The van der Waals surface area contributed by atoms with Gasteiger partial charge >= 0.3 is 0 Å². The summed E-state index contributed by atoms with van der Waals surface area (Å²) in [6, 6.07) is 11.6. The van der Waals surface area contributed by atoms with Crippen molar-refractivity contribution in [1.82, 2.24) is 10.6 Å². The molecule has 0 spiro atoms. The molecule has 0 fully saturated rings. The zero-order chi connectivity index (χ0) is 23.3. The van der Waals surface area contributed by atoms with Gasteiger partial charge in [0, 0.05) is 13.1 Å². The Morgan fingerprint density at radius 2 is 1.03 bits per heavy atom. The first kappa shape index (κ1) is 25.2. The highest BCUT2D eigenvalue weighted by molar-refractivity contribution is 5.77. The van der Waals surface area contributed by atoms with Crippen LogP contribution >= 0.6 is 0 Å². The van der Waals surface area contributed by atoms with Gasteiger partial charge in [0.25, 0.3) is 11.8 Å². The van der Waals surface area contributed by atoms with Crippen LogP contribution in [0.3, 0.4) is 0 Å². The van der Waals surface area contributed by atoms with Crippen LogP contribution in [-0.4, -0.2) is 38.1 Å². The average molecular weight is 441 g/mol. The zero-order valence-corrected chi connectivity index (χ0v) is 19.8. The summed E-state index contributed by atoms with van der Waals surface area (Å²) in [4.78, 5) is 23.8. The van der Waals surface area contributed by atoms with Crippen LogP contribution in [0, 0.1) is 27.7 Å². The van der Waals surface area contributed by atoms with Gasteiger partial charge < -0.3 is 20.1 Å². The lowest BCUT2D eigenvalue weighted by Gasteiger charge is -2.10. The maximum absolute atomic E-state index is 11.9. The van der Waals surface area contributed by atoms with Crippen LogP contribution in [0.25, 0.3) is 0 Å². The normalized spacial score (nSPS) is 10.5. The van der Waals surface area contributed by atoms with Crippen molar-refractivity contribution in [1.29, 1.82) is 0 Å². The highest BCUT2D eigenvalue weighted by atomic mass is 16.5. The maximum atomic E-state index is 11.9. The number of benzene rings is 2. The molecule has 6 heteroatoms. The second kappa shape index (κ2) is 13.4. The van der Waals surface area contributed by atoms with Gasteiger partial charge in [-0.3, -0.25) is 9.59 Å². The molecular formula is C26H36N2O4. The molecule has 0 radical (unpaired) electrons. The summed E-state index contributed by atoms with van der Waals surface area (Å²) in [6.45, 7) is 9.44. The third-order valence-corrected chi connectivity index (χ3v) is 5.44. The van der Waals surface area contributed by atoms with E-state index in [9.17, 15) is 9.59 Å². The van der Waals surface area contributed by atoms with Gasteiger partial charge in [0.05, 0.1) is 0 Å². The number of nitrogens with one attached hydrogen (secondary N) is 2. The Morgan fingerprint density at radius 1 is 0.625 bits per heavy atom. The molecule has 0 aliphatic carbocycles. The van der Waals surface area contributed by atoms with Crippen molar-refractivity contribution in [3.63, 3.8) is 0 Å². The quantitative estimate of drug-likeness (QED) is 0.458. The topological polar surface area (TPSA) is 76.7 Å². The molecule has 174 valence electrons. The van der Waals surface area contributed by atoms with Crippen molar-refractivity contribution in [2.75, 3.05) is 26.3 Å². The average Bonchev–Trinajstić information content (AvgIpc) is 2.77. The van der Waals surface area contributed by atoms with Crippen molar-refractivity contribution < 1.29 is 19.1 Å². The predicted octanol–water partition coefficient (Wildman–Crippen LogP) is 4.17. The van der Waals surface area contributed by atoms with E-state index in [1.165, 1.54) is 11.1 Å². The number of carbonyl (C=O) groups excluding carboxylic acids is 2. The molecule has 0 aliphatic heterocycles. The van der Waals surface area contributed by atoms with Crippen molar-refractivity contribution in [2.24, 2.45) is 0 Å². The van der Waals surface area contributed by atoms with Crippen molar-refractivity contribution in [3.05, 3.63) is 58.7 Å². The van der Waals surface area contributed by atoms with Crippen LogP contribution in [0.15, 0.2) is 36.4 Å². The molecular weight excluding hydrogens is 404 g/mol. The van der Waals surface area contributed by atoms with Crippen LogP contribution in [0.4, 0.5) is 0 Å². The van der Waals surface area contributed by atoms with Crippen LogP contribution in [0.5, 0.6) is 11.5 Å². The summed E-state index contributed by atoms with van der Waals surface area (Å²) in [5.41, 5.74) is 4.69. The second-order valence-corrected chi connectivity index (χ2v) is 8.18. The summed E-state index contributed by atoms with van der Waals surface area (Å²) in [7, 11) is 0. The summed E-state index contributed by atoms with van der Waals surface area (Å²) in [5.74, 6) is 1.20. The molecule has 32 heavy (non-hydrogen) atoms. The highest BCUT2D eigenvalue weighted by Gasteiger charge is 2.05. The van der Waals surface area contributed by atoms with E-state index in [-0.39, 0.29) is 25.0 Å². The first-order valence-electron chi connectivity index (χ1n) is 11.3. The van der Waals surface area contributed by atoms with Crippen LogP contribution in [0.1, 0.15) is 47.9 Å². The van der Waals surface area contributed by atoms with Crippen molar-refractivity contribution >= 4 is 11.8 Å². The summed E-state index contributed by atoms with van der Waals surface area (Å²) < 4.78 is 11.1. The van der Waals surface area contributed by atoms with Crippen molar-refractivity contribution in [3.8, 4) is 11.5 Å². The lowest BCUT2D eigenvalue weighted by atomic mass is 10.1. The minimum absolute atomic E-state index is 0.0265. The standard InChI is InChI=1S/C26H36N2O4/c1-19-9-11-23(15-21(19)3)31-17-25(29)27-13-7-5-6-8-14-28-26(30)18-32-24-12-10-20(2)22(4)16-24/h9-12,15-16H,5-8,13-14,17-18H2,1-4H3,(H,27,29)(H,28,30). The number of carbonyl (C=O) groups is 2. The fraction of sp³-hybridized carbons (Fsp3) is 0.462. The highest BCUT2D eigenvalue weighted by Crippen LogP contribution is 2.17. The first-order valence-corrected chi connectivity index (χ1v) is 11.3. The van der Waals surface area contributed by atoms with E-state index in [0.717, 1.165) is 36.8 Å². The molecule has 0 aliphatic rings. The fourth-order valence-electron chi connectivity index (χ4n) is 3.07. The Hall–Kier alpha value is -3.02. The first-order chi connectivity index (χ1) is 15.3. The van der Waals surface area contributed by atoms with Crippen LogP contribution in [0.2, 0.25) is 0 Å². The van der Waals surface area contributed by atoms with Crippen LogP contribution < -0.4 is 20.1 Å². The van der Waals surface area contributed by atoms with E-state index in [4.69, 9.17) is 9.47 Å². The minimum atomic E-state index is -0.112. The Kier molecular flexibility index (Phi) is 10.6. The molecule has 2 aromatic rings. The number of hydrogen-bond donors (Lipinski definition) is 2. The molecule has 0 saturated heterocycles. The molecule has 2 aromatic carbocycles. The predicted molar refractivity (Wildman–Crippen MR) is 127 cm³/mol. The van der Waals surface area contributed by atoms with Gasteiger partial charge in [-0.15, -0.1) is 0 Å². The molecule has 0 unspecified atom stereocenters. The second-order valence-electron chi connectivity index (χ2n) is 8.18. The largest absolute Gasteiger partial charge is 0.484 e. The minimum Gasteiger partial charge on any atom is -0.484 e. The summed E-state index contributed by atoms with van der Waals surface area (Å²) in [6.07, 6.45) is 3.79. The number of hydrogen-bond acceptors (Lipinski definition) is 4. The Morgan fingerprint density at radius 3 is 1.41 bits per heavy atom. The van der Waals surface area contributed by atoms with Gasteiger partial charge in [-0.05, 0) is 87.1 Å². The van der Waals surface area contributed by atoms with E-state index in [1.807, 2.05) is 64.1 Å². The molecule has 2 N–H and O–H groups in total. The van der Waals surface area contributed by atoms with Gasteiger partial charge in [-0.25, -0.2) is 0 Å². The number of ether oxygens (including phenoxy) is 2. The molecule has 6 nitrogen and oxygen atoms in total. The molecule has 2 rings (SSSR count). The third-order valence-electron chi connectivity index (χ3n) is 5.44. The summed E-state index contributed by atoms with van der Waals surface area (Å²) >= 11 is 0. The monoisotopic (exact) mass is 440 g/mol. The van der Waals surface area contributed by atoms with E-state index in [0.29, 0.717) is 24.6 Å². The molecule has 0 saturated carbocycles. The Labute approximate surface area is 191 Å². The van der Waals surface area contributed by atoms with E-state index < -0.39 is 0 Å². The Balaban J connectivity index is 1.45. The number of aryl methyl sites for hydroxylation is 4. The number of unbranched alkanes of at least 4 members (excludes halogenated alkanes) is 3. The number of amides is 2. The third kappa shape index (κ3) is 9.41. The van der Waals surface area contributed by atoms with E-state index in [1.54, 1.807) is 0 Å². The molecule has 0 heterocycles. The lowest BCUT2D eigenvalue weighted by Crippen LogP contribution is -2.30. The lowest BCUT2D eigenvalue weighted by molar-refractivity contribution is -0.123. The van der Waals surface area contributed by atoms with Crippen LogP contribution in [-0.2, 0) is 9.59 Å². The van der Waals surface area contributed by atoms with Gasteiger partial charge in [0.2, 0.25) is 0 Å². The van der Waals surface area contributed by atoms with E-state index >= 15 is 0 Å². The molecule has 0 atom stereocenters. The Bertz CT molecular complexity index is 822. The molecule has 2 amide bonds. The van der Waals surface area contributed by atoms with E-state index in [2.05, 4.69) is 10.6 Å². The smallest absolute Gasteiger partial charge is 0.257 e. The fourth-order valence-corrected chi connectivity index (χ4v) is 3.07.